The van der Waals surface area contributed by atoms with Crippen LogP contribution >= 0.6 is 0 Å². The average Bonchev–Trinajstić information content (AvgIpc) is 2.70. The van der Waals surface area contributed by atoms with E-state index in [-0.39, 0.29) is 11.4 Å². The van der Waals surface area contributed by atoms with Crippen molar-refractivity contribution < 1.29 is 16.8 Å². The molecule has 0 bridgehead atoms. The highest BCUT2D eigenvalue weighted by Gasteiger charge is 2.19. The summed E-state index contributed by atoms with van der Waals surface area (Å²) in [6.07, 6.45) is 1.32. The van der Waals surface area contributed by atoms with Crippen LogP contribution in [0.4, 0.5) is 5.69 Å². The molecule has 10 heteroatoms. The van der Waals surface area contributed by atoms with Crippen LogP contribution in [0.1, 0.15) is 0 Å². The second kappa shape index (κ2) is 5.05. The summed E-state index contributed by atoms with van der Waals surface area (Å²) in [5, 5.41) is 5.25. The van der Waals surface area contributed by atoms with Gasteiger partial charge in [-0.05, 0) is 18.2 Å². The molecule has 0 unspecified atom stereocenters. The molecule has 110 valence electrons. The molecule has 0 aliphatic rings. The predicted octanol–water partition coefficient (Wildman–Crippen LogP) is -0.683. The van der Waals surface area contributed by atoms with E-state index in [1.54, 1.807) is 12.1 Å². The SMILES string of the molecule is Nc1ccc2[nH]cc(S(=O)(=O)NCCS(N)(=O)=O)c2c1. The molecule has 0 atom stereocenters. The fourth-order valence-electron chi connectivity index (χ4n) is 1.73. The van der Waals surface area contributed by atoms with Crippen LogP contribution in [0.25, 0.3) is 10.9 Å². The lowest BCUT2D eigenvalue weighted by Gasteiger charge is -2.05. The first-order valence-corrected chi connectivity index (χ1v) is 8.76. The quantitative estimate of drug-likeness (QED) is 0.539. The Balaban J connectivity index is 2.30. The Morgan fingerprint density at radius 1 is 1.20 bits per heavy atom. The number of hydrogen-bond donors (Lipinski definition) is 4. The summed E-state index contributed by atoms with van der Waals surface area (Å²) >= 11 is 0. The van der Waals surface area contributed by atoms with E-state index in [9.17, 15) is 16.8 Å². The molecule has 0 saturated heterocycles. The third-order valence-corrected chi connectivity index (χ3v) is 4.91. The van der Waals surface area contributed by atoms with Gasteiger partial charge in [0.15, 0.2) is 0 Å². The van der Waals surface area contributed by atoms with Crippen LogP contribution in [0.3, 0.4) is 0 Å². The molecule has 0 aliphatic carbocycles. The van der Waals surface area contributed by atoms with E-state index < -0.39 is 25.8 Å². The average molecular weight is 318 g/mol. The fourth-order valence-corrected chi connectivity index (χ4v) is 3.45. The number of H-pyrrole nitrogens is 1. The second-order valence-electron chi connectivity index (χ2n) is 4.22. The number of benzene rings is 1. The Hall–Kier alpha value is -1.62. The number of hydrogen-bond acceptors (Lipinski definition) is 5. The zero-order valence-corrected chi connectivity index (χ0v) is 12.0. The molecule has 2 rings (SSSR count). The fraction of sp³-hybridized carbons (Fsp3) is 0.200. The largest absolute Gasteiger partial charge is 0.399 e. The van der Waals surface area contributed by atoms with Gasteiger partial charge >= 0.3 is 0 Å². The topological polar surface area (TPSA) is 148 Å². The van der Waals surface area contributed by atoms with Gasteiger partial charge in [-0.1, -0.05) is 0 Å². The minimum Gasteiger partial charge on any atom is -0.399 e. The molecule has 0 saturated carbocycles. The van der Waals surface area contributed by atoms with E-state index >= 15 is 0 Å². The number of rotatable bonds is 5. The van der Waals surface area contributed by atoms with Crippen molar-refractivity contribution in [3.8, 4) is 0 Å². The van der Waals surface area contributed by atoms with Crippen LogP contribution in [0, 0.1) is 0 Å². The Morgan fingerprint density at radius 2 is 1.90 bits per heavy atom. The molecule has 2 aromatic rings. The normalized spacial score (nSPS) is 12.8. The lowest BCUT2D eigenvalue weighted by Crippen LogP contribution is -2.31. The van der Waals surface area contributed by atoms with E-state index in [0.29, 0.717) is 16.6 Å². The van der Waals surface area contributed by atoms with E-state index in [1.165, 1.54) is 12.3 Å². The molecule has 0 amide bonds. The van der Waals surface area contributed by atoms with Crippen molar-refractivity contribution in [1.29, 1.82) is 0 Å². The third-order valence-electron chi connectivity index (χ3n) is 2.64. The maximum Gasteiger partial charge on any atom is 0.242 e. The number of anilines is 1. The molecule has 8 nitrogen and oxygen atoms in total. The first-order valence-electron chi connectivity index (χ1n) is 5.56. The van der Waals surface area contributed by atoms with Crippen molar-refractivity contribution in [2.24, 2.45) is 5.14 Å². The van der Waals surface area contributed by atoms with Crippen LogP contribution < -0.4 is 15.6 Å². The number of nitrogen functional groups attached to an aromatic ring is 1. The Kier molecular flexibility index (Phi) is 3.73. The van der Waals surface area contributed by atoms with Crippen molar-refractivity contribution in [1.82, 2.24) is 9.71 Å². The summed E-state index contributed by atoms with van der Waals surface area (Å²) < 4.78 is 47.9. The zero-order chi connectivity index (χ0) is 15.0. The molecule has 0 spiro atoms. The molecule has 0 radical (unpaired) electrons. The van der Waals surface area contributed by atoms with E-state index in [2.05, 4.69) is 9.71 Å². The molecule has 6 N–H and O–H groups in total. The Labute approximate surface area is 116 Å². The maximum absolute atomic E-state index is 12.1. The number of primary sulfonamides is 1. The summed E-state index contributed by atoms with van der Waals surface area (Å²) in [4.78, 5) is 2.82. The summed E-state index contributed by atoms with van der Waals surface area (Å²) in [5.74, 6) is -0.475. The van der Waals surface area contributed by atoms with Crippen molar-refractivity contribution in [3.05, 3.63) is 24.4 Å². The van der Waals surface area contributed by atoms with Gasteiger partial charge in [0.1, 0.15) is 4.90 Å². The minimum absolute atomic E-state index is 0.00854. The van der Waals surface area contributed by atoms with Crippen LogP contribution in [0.15, 0.2) is 29.3 Å². The Morgan fingerprint density at radius 3 is 2.55 bits per heavy atom. The molecule has 0 aliphatic heterocycles. The number of sulfonamides is 2. The second-order valence-corrected chi connectivity index (χ2v) is 7.69. The van der Waals surface area contributed by atoms with Gasteiger partial charge in [-0.25, -0.2) is 26.7 Å². The summed E-state index contributed by atoms with van der Waals surface area (Å²) in [6.45, 7) is -0.295. The number of aromatic nitrogens is 1. The van der Waals surface area contributed by atoms with Crippen LogP contribution in [0.2, 0.25) is 0 Å². The van der Waals surface area contributed by atoms with Gasteiger partial charge in [-0.15, -0.1) is 0 Å². The first-order chi connectivity index (χ1) is 9.19. The van der Waals surface area contributed by atoms with Gasteiger partial charge in [0.05, 0.1) is 5.75 Å². The monoisotopic (exact) mass is 318 g/mol. The van der Waals surface area contributed by atoms with Gasteiger partial charge in [0, 0.05) is 29.3 Å². The highest BCUT2D eigenvalue weighted by molar-refractivity contribution is 7.90. The molecule has 0 fully saturated rings. The summed E-state index contributed by atoms with van der Waals surface area (Å²) in [5.41, 5.74) is 6.67. The van der Waals surface area contributed by atoms with Gasteiger partial charge in [-0.2, -0.15) is 0 Å². The first kappa shape index (κ1) is 14.8. The minimum atomic E-state index is -3.84. The summed E-state index contributed by atoms with van der Waals surface area (Å²) in [6, 6.07) is 4.83. The van der Waals surface area contributed by atoms with E-state index in [4.69, 9.17) is 10.9 Å². The van der Waals surface area contributed by atoms with Gasteiger partial charge in [0.25, 0.3) is 0 Å². The van der Waals surface area contributed by atoms with Gasteiger partial charge < -0.3 is 10.7 Å². The van der Waals surface area contributed by atoms with E-state index in [1.807, 2.05) is 0 Å². The van der Waals surface area contributed by atoms with Crippen molar-refractivity contribution in [2.75, 3.05) is 18.0 Å². The number of nitrogens with two attached hydrogens (primary N) is 2. The van der Waals surface area contributed by atoms with Crippen molar-refractivity contribution in [2.45, 2.75) is 4.90 Å². The van der Waals surface area contributed by atoms with Crippen LogP contribution in [0.5, 0.6) is 0 Å². The maximum atomic E-state index is 12.1. The van der Waals surface area contributed by atoms with Crippen LogP contribution in [-0.4, -0.2) is 34.1 Å². The van der Waals surface area contributed by atoms with Gasteiger partial charge in [0.2, 0.25) is 20.0 Å². The molecule has 20 heavy (non-hydrogen) atoms. The van der Waals surface area contributed by atoms with Crippen molar-refractivity contribution in [3.63, 3.8) is 0 Å². The highest BCUT2D eigenvalue weighted by atomic mass is 32.2. The zero-order valence-electron chi connectivity index (χ0n) is 10.3. The van der Waals surface area contributed by atoms with Crippen LogP contribution in [-0.2, 0) is 20.0 Å². The molecule has 1 aromatic heterocycles. The van der Waals surface area contributed by atoms with Crippen molar-refractivity contribution >= 4 is 36.6 Å². The van der Waals surface area contributed by atoms with Gasteiger partial charge in [-0.3, -0.25) is 0 Å². The molecule has 1 heterocycles. The number of nitrogens with one attached hydrogen (secondary N) is 2. The molecular weight excluding hydrogens is 304 g/mol. The number of aromatic amines is 1. The smallest absolute Gasteiger partial charge is 0.242 e. The Bertz CT molecular complexity index is 839. The molecular formula is C10H14N4O4S2. The number of fused-ring (bicyclic) bond motifs is 1. The lowest BCUT2D eigenvalue weighted by atomic mass is 10.2. The summed E-state index contributed by atoms with van der Waals surface area (Å²) in [7, 11) is -7.56. The molecule has 1 aromatic carbocycles. The predicted molar refractivity (Wildman–Crippen MR) is 75.9 cm³/mol. The lowest BCUT2D eigenvalue weighted by molar-refractivity contribution is 0.582. The standard InChI is InChI=1S/C10H14N4O4S2/c11-7-1-2-9-8(5-7)10(6-13-9)20(17,18)14-3-4-19(12,15)16/h1-2,5-6,13-14H,3-4,11H2,(H2,12,15,16). The third kappa shape index (κ3) is 3.28. The highest BCUT2D eigenvalue weighted by Crippen LogP contribution is 2.24. The van der Waals surface area contributed by atoms with E-state index in [0.717, 1.165) is 0 Å².